The molecular formula is C10H18ClN3O2S. The standard InChI is InChI=1S/C10H18ClN3O2S/c1-10(2,3)6-14(5)17(15,16)9-8(11)13(4)7-12-9/h7H,6H2,1-5H3. The molecule has 1 rings (SSSR count). The van der Waals surface area contributed by atoms with E-state index in [9.17, 15) is 8.42 Å². The average molecular weight is 280 g/mol. The molecule has 0 saturated heterocycles. The number of halogens is 1. The lowest BCUT2D eigenvalue weighted by atomic mass is 9.97. The van der Waals surface area contributed by atoms with Gasteiger partial charge in [0.15, 0.2) is 0 Å². The lowest BCUT2D eigenvalue weighted by Crippen LogP contribution is -2.34. The van der Waals surface area contributed by atoms with Crippen molar-refractivity contribution in [3.63, 3.8) is 0 Å². The summed E-state index contributed by atoms with van der Waals surface area (Å²) in [6.45, 7) is 6.32. The van der Waals surface area contributed by atoms with Crippen LogP contribution >= 0.6 is 11.6 Å². The fraction of sp³-hybridized carbons (Fsp3) is 0.700. The molecule has 0 bridgehead atoms. The van der Waals surface area contributed by atoms with Crippen molar-refractivity contribution in [1.82, 2.24) is 13.9 Å². The van der Waals surface area contributed by atoms with Gasteiger partial charge >= 0.3 is 0 Å². The SMILES string of the molecule is CN(CC(C)(C)C)S(=O)(=O)c1ncn(C)c1Cl. The molecule has 17 heavy (non-hydrogen) atoms. The van der Waals surface area contributed by atoms with Crippen molar-refractivity contribution in [3.05, 3.63) is 11.5 Å². The van der Waals surface area contributed by atoms with Gasteiger partial charge in [0.2, 0.25) is 5.03 Å². The van der Waals surface area contributed by atoms with Gasteiger partial charge in [0.1, 0.15) is 5.15 Å². The van der Waals surface area contributed by atoms with E-state index in [0.29, 0.717) is 6.54 Å². The first-order valence-corrected chi connectivity index (χ1v) is 7.00. The molecule has 1 heterocycles. The monoisotopic (exact) mass is 279 g/mol. The Bertz CT molecular complexity index is 502. The Morgan fingerprint density at radius 2 is 2.00 bits per heavy atom. The summed E-state index contributed by atoms with van der Waals surface area (Å²) in [6, 6.07) is 0. The summed E-state index contributed by atoms with van der Waals surface area (Å²) in [5, 5.41) is 0.0409. The second-order valence-corrected chi connectivity index (χ2v) is 7.59. The number of sulfonamides is 1. The molecule has 0 spiro atoms. The van der Waals surface area contributed by atoms with Crippen molar-refractivity contribution >= 4 is 21.6 Å². The quantitative estimate of drug-likeness (QED) is 0.847. The summed E-state index contributed by atoms with van der Waals surface area (Å²) in [5.74, 6) is 0. The first-order valence-electron chi connectivity index (χ1n) is 5.19. The van der Waals surface area contributed by atoms with Crippen molar-refractivity contribution in [3.8, 4) is 0 Å². The third kappa shape index (κ3) is 3.20. The molecule has 0 aliphatic heterocycles. The molecule has 0 N–H and O–H groups in total. The molecular weight excluding hydrogens is 262 g/mol. The van der Waals surface area contributed by atoms with E-state index < -0.39 is 10.0 Å². The Hall–Kier alpha value is -0.590. The van der Waals surface area contributed by atoms with Crippen molar-refractivity contribution in [1.29, 1.82) is 0 Å². The number of hydrogen-bond acceptors (Lipinski definition) is 3. The van der Waals surface area contributed by atoms with Crippen molar-refractivity contribution in [2.24, 2.45) is 12.5 Å². The maximum absolute atomic E-state index is 12.2. The van der Waals surface area contributed by atoms with E-state index in [-0.39, 0.29) is 15.6 Å². The van der Waals surface area contributed by atoms with E-state index in [1.807, 2.05) is 20.8 Å². The van der Waals surface area contributed by atoms with Crippen LogP contribution in [-0.2, 0) is 17.1 Å². The van der Waals surface area contributed by atoms with Crippen LogP contribution in [0.1, 0.15) is 20.8 Å². The maximum Gasteiger partial charge on any atom is 0.263 e. The molecule has 7 heteroatoms. The molecule has 1 aromatic heterocycles. The third-order valence-corrected chi connectivity index (χ3v) is 4.48. The molecule has 0 atom stereocenters. The second-order valence-electron chi connectivity index (χ2n) is 5.27. The Labute approximate surface area is 107 Å². The van der Waals surface area contributed by atoms with E-state index >= 15 is 0 Å². The van der Waals surface area contributed by atoms with Crippen LogP contribution in [-0.4, -0.2) is 35.9 Å². The van der Waals surface area contributed by atoms with Crippen LogP contribution in [0.5, 0.6) is 0 Å². The predicted molar refractivity (Wildman–Crippen MR) is 67.5 cm³/mol. The lowest BCUT2D eigenvalue weighted by molar-refractivity contribution is 0.310. The van der Waals surface area contributed by atoms with E-state index in [2.05, 4.69) is 4.98 Å². The zero-order chi connectivity index (χ0) is 13.4. The molecule has 1 aromatic rings. The number of hydrogen-bond donors (Lipinski definition) is 0. The van der Waals surface area contributed by atoms with Crippen LogP contribution in [0.2, 0.25) is 5.15 Å². The molecule has 0 aliphatic rings. The van der Waals surface area contributed by atoms with Gasteiger partial charge < -0.3 is 4.57 Å². The Balaban J connectivity index is 3.08. The summed E-state index contributed by atoms with van der Waals surface area (Å²) in [5.41, 5.74) is -0.122. The smallest absolute Gasteiger partial charge is 0.263 e. The van der Waals surface area contributed by atoms with E-state index in [4.69, 9.17) is 11.6 Å². The normalized spacial score (nSPS) is 13.4. The molecule has 0 aliphatic carbocycles. The Morgan fingerprint density at radius 1 is 1.47 bits per heavy atom. The zero-order valence-electron chi connectivity index (χ0n) is 10.7. The lowest BCUT2D eigenvalue weighted by Gasteiger charge is -2.25. The first kappa shape index (κ1) is 14.5. The van der Waals surface area contributed by atoms with E-state index in [1.165, 1.54) is 22.2 Å². The summed E-state index contributed by atoms with van der Waals surface area (Å²) < 4.78 is 27.2. The highest BCUT2D eigenvalue weighted by Crippen LogP contribution is 2.24. The van der Waals surface area contributed by atoms with Crippen LogP contribution in [0.3, 0.4) is 0 Å². The number of aromatic nitrogens is 2. The van der Waals surface area contributed by atoms with E-state index in [0.717, 1.165) is 0 Å². The first-order chi connectivity index (χ1) is 7.55. The molecule has 0 unspecified atom stereocenters. The highest BCUT2D eigenvalue weighted by Gasteiger charge is 2.29. The van der Waals surface area contributed by atoms with Crippen LogP contribution in [0.25, 0.3) is 0 Å². The average Bonchev–Trinajstić information content (AvgIpc) is 2.45. The highest BCUT2D eigenvalue weighted by molar-refractivity contribution is 7.89. The fourth-order valence-electron chi connectivity index (χ4n) is 1.47. The van der Waals surface area contributed by atoms with E-state index in [1.54, 1.807) is 7.05 Å². The molecule has 0 fully saturated rings. The zero-order valence-corrected chi connectivity index (χ0v) is 12.3. The van der Waals surface area contributed by atoms with Gasteiger partial charge in [-0.05, 0) is 5.41 Å². The Morgan fingerprint density at radius 3 is 2.35 bits per heavy atom. The minimum atomic E-state index is -3.61. The Kier molecular flexibility index (Phi) is 3.91. The number of nitrogens with zero attached hydrogens (tertiary/aromatic N) is 3. The highest BCUT2D eigenvalue weighted by atomic mass is 35.5. The van der Waals surface area contributed by atoms with Gasteiger partial charge in [-0.15, -0.1) is 0 Å². The maximum atomic E-state index is 12.2. The van der Waals surface area contributed by atoms with Gasteiger partial charge in [-0.1, -0.05) is 32.4 Å². The summed E-state index contributed by atoms with van der Waals surface area (Å²) in [7, 11) is -0.428. The van der Waals surface area contributed by atoms with Gasteiger partial charge in [-0.2, -0.15) is 4.31 Å². The molecule has 5 nitrogen and oxygen atoms in total. The number of rotatable bonds is 3. The third-order valence-electron chi connectivity index (χ3n) is 2.19. The van der Waals surface area contributed by atoms with Gasteiger partial charge in [-0.25, -0.2) is 13.4 Å². The van der Waals surface area contributed by atoms with Gasteiger partial charge in [0.05, 0.1) is 6.33 Å². The van der Waals surface area contributed by atoms with Gasteiger partial charge in [0, 0.05) is 20.6 Å². The van der Waals surface area contributed by atoms with Crippen LogP contribution in [0.4, 0.5) is 0 Å². The van der Waals surface area contributed by atoms with Crippen molar-refractivity contribution < 1.29 is 8.42 Å². The molecule has 0 aromatic carbocycles. The number of aryl methyl sites for hydroxylation is 1. The summed E-state index contributed by atoms with van der Waals surface area (Å²) >= 11 is 5.90. The molecule has 0 radical (unpaired) electrons. The second kappa shape index (κ2) is 4.59. The van der Waals surface area contributed by atoms with Gasteiger partial charge in [-0.3, -0.25) is 0 Å². The summed E-state index contributed by atoms with van der Waals surface area (Å²) in [6.07, 6.45) is 1.39. The van der Waals surface area contributed by atoms with Gasteiger partial charge in [0.25, 0.3) is 10.0 Å². The van der Waals surface area contributed by atoms with Crippen molar-refractivity contribution in [2.75, 3.05) is 13.6 Å². The van der Waals surface area contributed by atoms with Crippen LogP contribution in [0, 0.1) is 5.41 Å². The molecule has 98 valence electrons. The predicted octanol–water partition coefficient (Wildman–Crippen LogP) is 1.74. The minimum absolute atomic E-state index is 0.0894. The molecule has 0 amide bonds. The van der Waals surface area contributed by atoms with Crippen LogP contribution < -0.4 is 0 Å². The van der Waals surface area contributed by atoms with Crippen LogP contribution in [0.15, 0.2) is 11.4 Å². The number of imidazole rings is 1. The molecule has 0 saturated carbocycles. The fourth-order valence-corrected chi connectivity index (χ4v) is 3.24. The summed E-state index contributed by atoms with van der Waals surface area (Å²) in [4.78, 5) is 3.84. The largest absolute Gasteiger partial charge is 0.324 e. The van der Waals surface area contributed by atoms with Crippen molar-refractivity contribution in [2.45, 2.75) is 25.8 Å². The minimum Gasteiger partial charge on any atom is -0.324 e. The topological polar surface area (TPSA) is 55.2 Å².